The van der Waals surface area contributed by atoms with Gasteiger partial charge in [-0.1, -0.05) is 6.92 Å². The minimum Gasteiger partial charge on any atom is -0.466 e. The van der Waals surface area contributed by atoms with Gasteiger partial charge in [-0.3, -0.25) is 9.00 Å². The maximum Gasteiger partial charge on any atom is 0.309 e. The van der Waals surface area contributed by atoms with Crippen LogP contribution in [0, 0.1) is 5.92 Å². The fourth-order valence-electron chi connectivity index (χ4n) is 1.51. The summed E-state index contributed by atoms with van der Waals surface area (Å²) in [6.07, 6.45) is 1.11. The van der Waals surface area contributed by atoms with Crippen molar-refractivity contribution in [2.24, 2.45) is 5.92 Å². The zero-order valence-electron chi connectivity index (χ0n) is 11.7. The van der Waals surface area contributed by atoms with E-state index in [9.17, 15) is 17.4 Å². The van der Waals surface area contributed by atoms with Gasteiger partial charge in [0.05, 0.1) is 28.2 Å². The third-order valence-electron chi connectivity index (χ3n) is 2.61. The minimum atomic E-state index is -3.26. The first kappa shape index (κ1) is 16.8. The fraction of sp³-hybridized carbons (Fsp3) is 0.462. The molecule has 1 aromatic carbocycles. The smallest absolute Gasteiger partial charge is 0.309 e. The van der Waals surface area contributed by atoms with Crippen LogP contribution < -0.4 is 0 Å². The van der Waals surface area contributed by atoms with E-state index in [0.717, 1.165) is 6.26 Å². The highest BCUT2D eigenvalue weighted by atomic mass is 32.2. The van der Waals surface area contributed by atoms with Crippen molar-refractivity contribution >= 4 is 26.6 Å². The monoisotopic (exact) mass is 318 g/mol. The van der Waals surface area contributed by atoms with Crippen molar-refractivity contribution in [2.75, 3.05) is 18.6 Å². The number of carbonyl (C=O) groups is 1. The molecule has 0 aromatic heterocycles. The molecule has 7 heteroatoms. The average molecular weight is 318 g/mol. The zero-order chi connectivity index (χ0) is 15.3. The summed E-state index contributed by atoms with van der Waals surface area (Å²) >= 11 is 0. The second-order valence-electron chi connectivity index (χ2n) is 4.41. The Labute approximate surface area is 121 Å². The average Bonchev–Trinajstić information content (AvgIpc) is 2.38. The van der Waals surface area contributed by atoms with E-state index in [1.54, 1.807) is 13.8 Å². The molecule has 5 nitrogen and oxygen atoms in total. The Kier molecular flexibility index (Phi) is 5.88. The number of hydrogen-bond acceptors (Lipinski definition) is 5. The molecule has 0 saturated heterocycles. The summed E-state index contributed by atoms with van der Waals surface area (Å²) in [4.78, 5) is 12.1. The van der Waals surface area contributed by atoms with Crippen LogP contribution in [0.3, 0.4) is 0 Å². The molecule has 0 bridgehead atoms. The molecule has 112 valence electrons. The number of hydrogen-bond donors (Lipinski definition) is 0. The maximum atomic E-state index is 12.1. The summed E-state index contributed by atoms with van der Waals surface area (Å²) in [6, 6.07) is 5.84. The number of carbonyl (C=O) groups excluding carboxylic acids is 1. The molecule has 20 heavy (non-hydrogen) atoms. The summed E-state index contributed by atoms with van der Waals surface area (Å²) in [6.45, 7) is 3.66. The largest absolute Gasteiger partial charge is 0.466 e. The Bertz CT molecular complexity index is 590. The third-order valence-corrected chi connectivity index (χ3v) is 5.33. The van der Waals surface area contributed by atoms with Gasteiger partial charge in [-0.15, -0.1) is 0 Å². The van der Waals surface area contributed by atoms with Gasteiger partial charge >= 0.3 is 5.97 Å². The molecule has 0 fully saturated rings. The van der Waals surface area contributed by atoms with Gasteiger partial charge in [0.2, 0.25) is 0 Å². The molecule has 0 heterocycles. The van der Waals surface area contributed by atoms with Crippen molar-refractivity contribution in [3.8, 4) is 0 Å². The highest BCUT2D eigenvalue weighted by Gasteiger charge is 2.18. The summed E-state index contributed by atoms with van der Waals surface area (Å²) < 4.78 is 39.6. The van der Waals surface area contributed by atoms with Crippen LogP contribution in [0.2, 0.25) is 0 Å². The first-order valence-electron chi connectivity index (χ1n) is 6.10. The number of sulfone groups is 1. The highest BCUT2D eigenvalue weighted by molar-refractivity contribution is 7.90. The topological polar surface area (TPSA) is 77.5 Å². The summed E-state index contributed by atoms with van der Waals surface area (Å²) in [5.74, 6) is -0.698. The quantitative estimate of drug-likeness (QED) is 0.741. The summed E-state index contributed by atoms with van der Waals surface area (Å²) in [7, 11) is -4.63. The lowest BCUT2D eigenvalue weighted by atomic mass is 10.2. The van der Waals surface area contributed by atoms with Crippen LogP contribution in [0.5, 0.6) is 0 Å². The number of esters is 1. The van der Waals surface area contributed by atoms with Crippen LogP contribution in [0.25, 0.3) is 0 Å². The van der Waals surface area contributed by atoms with E-state index in [1.807, 2.05) is 0 Å². The van der Waals surface area contributed by atoms with Gasteiger partial charge in [-0.2, -0.15) is 0 Å². The van der Waals surface area contributed by atoms with E-state index in [1.165, 1.54) is 24.3 Å². The molecule has 2 atom stereocenters. The lowest BCUT2D eigenvalue weighted by Crippen LogP contribution is -2.20. The highest BCUT2D eigenvalue weighted by Crippen LogP contribution is 2.15. The van der Waals surface area contributed by atoms with Gasteiger partial charge in [0.25, 0.3) is 0 Å². The summed E-state index contributed by atoms with van der Waals surface area (Å²) in [5, 5.41) is 0. The predicted molar refractivity (Wildman–Crippen MR) is 76.6 cm³/mol. The van der Waals surface area contributed by atoms with E-state index >= 15 is 0 Å². The third kappa shape index (κ3) is 4.72. The van der Waals surface area contributed by atoms with Crippen molar-refractivity contribution < 1.29 is 22.2 Å². The second-order valence-corrected chi connectivity index (χ2v) is 7.92. The van der Waals surface area contributed by atoms with Crippen LogP contribution in [0.4, 0.5) is 0 Å². The molecular formula is C13H18O5S2. The molecule has 0 radical (unpaired) electrons. The van der Waals surface area contributed by atoms with Gasteiger partial charge < -0.3 is 4.74 Å². The van der Waals surface area contributed by atoms with Crippen molar-refractivity contribution in [1.82, 2.24) is 0 Å². The molecule has 0 amide bonds. The molecule has 0 aliphatic rings. The Morgan fingerprint density at radius 2 is 1.85 bits per heavy atom. The van der Waals surface area contributed by atoms with Crippen molar-refractivity contribution in [1.29, 1.82) is 0 Å². The molecule has 0 N–H and O–H groups in total. The van der Waals surface area contributed by atoms with E-state index in [4.69, 9.17) is 4.74 Å². The summed E-state index contributed by atoms with van der Waals surface area (Å²) in [5.41, 5.74) is 0. The molecular weight excluding hydrogens is 300 g/mol. The minimum absolute atomic E-state index is 0.150. The maximum absolute atomic E-state index is 12.1. The van der Waals surface area contributed by atoms with Gasteiger partial charge in [0, 0.05) is 16.9 Å². The number of rotatable bonds is 6. The van der Waals surface area contributed by atoms with E-state index in [0.29, 0.717) is 11.5 Å². The molecule has 1 aromatic rings. The van der Waals surface area contributed by atoms with Gasteiger partial charge in [0.15, 0.2) is 9.84 Å². The van der Waals surface area contributed by atoms with Crippen molar-refractivity contribution in [2.45, 2.75) is 23.6 Å². The van der Waals surface area contributed by atoms with Crippen LogP contribution in [-0.2, 0) is 30.2 Å². The van der Waals surface area contributed by atoms with Crippen molar-refractivity contribution in [3.63, 3.8) is 0 Å². The van der Waals surface area contributed by atoms with E-state index < -0.39 is 26.6 Å². The molecule has 0 aliphatic heterocycles. The van der Waals surface area contributed by atoms with Gasteiger partial charge in [-0.25, -0.2) is 8.42 Å². The molecule has 0 aliphatic carbocycles. The lowest BCUT2D eigenvalue weighted by molar-refractivity contribution is -0.146. The van der Waals surface area contributed by atoms with Crippen molar-refractivity contribution in [3.05, 3.63) is 24.3 Å². The Morgan fingerprint density at radius 1 is 1.30 bits per heavy atom. The van der Waals surface area contributed by atoms with Crippen LogP contribution in [-0.4, -0.2) is 37.2 Å². The van der Waals surface area contributed by atoms with Gasteiger partial charge in [-0.05, 0) is 31.2 Å². The van der Waals surface area contributed by atoms with Crippen LogP contribution >= 0.6 is 0 Å². The first-order chi connectivity index (χ1) is 9.25. The predicted octanol–water partition coefficient (Wildman–Crippen LogP) is 1.40. The SMILES string of the molecule is CCOC(=O)C(C)CS(=O)c1ccc(S(C)(=O)=O)cc1. The van der Waals surface area contributed by atoms with Crippen LogP contribution in [0.1, 0.15) is 13.8 Å². The molecule has 0 spiro atoms. The molecule has 2 unspecified atom stereocenters. The van der Waals surface area contributed by atoms with Crippen LogP contribution in [0.15, 0.2) is 34.1 Å². The number of ether oxygens (including phenoxy) is 1. The molecule has 0 saturated carbocycles. The first-order valence-corrected chi connectivity index (χ1v) is 9.32. The van der Waals surface area contributed by atoms with E-state index in [-0.39, 0.29) is 16.6 Å². The number of benzene rings is 1. The normalized spacial score (nSPS) is 14.6. The Morgan fingerprint density at radius 3 is 2.30 bits per heavy atom. The fourth-order valence-corrected chi connectivity index (χ4v) is 3.37. The Hall–Kier alpha value is -1.21. The van der Waals surface area contributed by atoms with E-state index in [2.05, 4.69) is 0 Å². The molecule has 1 rings (SSSR count). The van der Waals surface area contributed by atoms with Gasteiger partial charge in [0.1, 0.15) is 0 Å². The second kappa shape index (κ2) is 6.99. The standard InChI is InChI=1S/C13H18O5S2/c1-4-18-13(14)10(2)9-19(15)11-5-7-12(8-6-11)20(3,16)17/h5-8,10H,4,9H2,1-3H3. The lowest BCUT2D eigenvalue weighted by Gasteiger charge is -2.10. The zero-order valence-corrected chi connectivity index (χ0v) is 13.3. The Balaban J connectivity index is 2.76.